The van der Waals surface area contributed by atoms with E-state index in [9.17, 15) is 4.79 Å². The lowest BCUT2D eigenvalue weighted by Crippen LogP contribution is -2.41. The molecule has 0 aromatic carbocycles. The fourth-order valence-electron chi connectivity index (χ4n) is 1.89. The number of hydrogen-bond donors (Lipinski definition) is 2. The van der Waals surface area contributed by atoms with E-state index < -0.39 is 0 Å². The Morgan fingerprint density at radius 3 is 3.12 bits per heavy atom. The molecule has 2 unspecified atom stereocenters. The Morgan fingerprint density at radius 2 is 2.56 bits per heavy atom. The van der Waals surface area contributed by atoms with E-state index in [0.29, 0.717) is 0 Å². The zero-order valence-corrected chi connectivity index (χ0v) is 10.4. The van der Waals surface area contributed by atoms with Crippen LogP contribution in [0, 0.1) is 5.41 Å². The van der Waals surface area contributed by atoms with Crippen molar-refractivity contribution in [1.29, 1.82) is 0 Å². The molecule has 16 heavy (non-hydrogen) atoms. The Bertz CT molecular complexity index is 357. The molecule has 0 spiro atoms. The first-order valence-corrected chi connectivity index (χ1v) is 6.41. The largest absolute Gasteiger partial charge is 0.347 e. The van der Waals surface area contributed by atoms with Gasteiger partial charge in [0, 0.05) is 18.1 Å². The van der Waals surface area contributed by atoms with Gasteiger partial charge < -0.3 is 10.6 Å². The maximum atomic E-state index is 12.1. The van der Waals surface area contributed by atoms with Gasteiger partial charge in [0.05, 0.1) is 11.5 Å². The Labute approximate surface area is 99.5 Å². The average Bonchev–Trinajstić information content (AvgIpc) is 2.88. The van der Waals surface area contributed by atoms with Crippen LogP contribution in [0.3, 0.4) is 0 Å². The third kappa shape index (κ3) is 2.25. The highest BCUT2D eigenvalue weighted by Crippen LogP contribution is 2.26. The smallest absolute Gasteiger partial charge is 0.227 e. The van der Waals surface area contributed by atoms with Crippen LogP contribution in [-0.2, 0) is 4.79 Å². The minimum Gasteiger partial charge on any atom is -0.347 e. The molecule has 1 aliphatic heterocycles. The molecule has 1 aliphatic rings. The topological polar surface area (TPSA) is 54.0 Å². The number of hydrogen-bond acceptors (Lipinski definition) is 4. The fraction of sp³-hybridized carbons (Fsp3) is 0.636. The number of thiazole rings is 1. The van der Waals surface area contributed by atoms with Crippen molar-refractivity contribution in [1.82, 2.24) is 15.6 Å². The highest BCUT2D eigenvalue weighted by atomic mass is 32.1. The van der Waals surface area contributed by atoms with Crippen molar-refractivity contribution in [2.75, 3.05) is 13.1 Å². The van der Waals surface area contributed by atoms with E-state index in [2.05, 4.69) is 15.6 Å². The first kappa shape index (κ1) is 11.5. The average molecular weight is 239 g/mol. The van der Waals surface area contributed by atoms with Gasteiger partial charge in [-0.15, -0.1) is 11.3 Å². The number of aromatic nitrogens is 1. The summed E-state index contributed by atoms with van der Waals surface area (Å²) in [5.74, 6) is 0.125. The number of nitrogens with zero attached hydrogens (tertiary/aromatic N) is 1. The Kier molecular flexibility index (Phi) is 3.25. The maximum Gasteiger partial charge on any atom is 0.227 e. The van der Waals surface area contributed by atoms with Gasteiger partial charge in [0.25, 0.3) is 0 Å². The van der Waals surface area contributed by atoms with Crippen molar-refractivity contribution < 1.29 is 4.79 Å². The normalized spacial score (nSPS) is 26.6. The van der Waals surface area contributed by atoms with Crippen LogP contribution in [0.5, 0.6) is 0 Å². The summed E-state index contributed by atoms with van der Waals surface area (Å²) in [6.07, 6.45) is 2.67. The van der Waals surface area contributed by atoms with Crippen molar-refractivity contribution in [3.8, 4) is 0 Å². The zero-order valence-electron chi connectivity index (χ0n) is 9.62. The minimum atomic E-state index is -0.258. The van der Waals surface area contributed by atoms with Gasteiger partial charge in [-0.25, -0.2) is 4.98 Å². The second-order valence-corrected chi connectivity index (χ2v) is 5.48. The Balaban J connectivity index is 1.97. The first-order chi connectivity index (χ1) is 7.62. The molecular formula is C11H17N3OS. The van der Waals surface area contributed by atoms with Crippen LogP contribution >= 0.6 is 11.3 Å². The second kappa shape index (κ2) is 4.51. The van der Waals surface area contributed by atoms with Crippen LogP contribution in [-0.4, -0.2) is 24.0 Å². The van der Waals surface area contributed by atoms with E-state index in [1.54, 1.807) is 17.5 Å². The molecule has 5 heteroatoms. The van der Waals surface area contributed by atoms with Crippen molar-refractivity contribution >= 4 is 17.2 Å². The van der Waals surface area contributed by atoms with Gasteiger partial charge in [-0.2, -0.15) is 0 Å². The molecule has 2 rings (SSSR count). The maximum absolute atomic E-state index is 12.1. The molecule has 0 bridgehead atoms. The molecule has 1 aromatic heterocycles. The monoisotopic (exact) mass is 239 g/mol. The SMILES string of the molecule is CC(NC(=O)C1(C)CCNC1)c1nccs1. The van der Waals surface area contributed by atoms with E-state index in [1.807, 2.05) is 19.2 Å². The highest BCUT2D eigenvalue weighted by Gasteiger charge is 2.36. The summed E-state index contributed by atoms with van der Waals surface area (Å²) in [7, 11) is 0. The van der Waals surface area contributed by atoms with Gasteiger partial charge in [-0.3, -0.25) is 4.79 Å². The standard InChI is InChI=1S/C11H17N3OS/c1-8(9-13-5-6-16-9)14-10(15)11(2)3-4-12-7-11/h5-6,8,12H,3-4,7H2,1-2H3,(H,14,15). The summed E-state index contributed by atoms with van der Waals surface area (Å²) in [4.78, 5) is 16.3. The van der Waals surface area contributed by atoms with Gasteiger partial charge in [0.15, 0.2) is 0 Å². The summed E-state index contributed by atoms with van der Waals surface area (Å²) < 4.78 is 0. The molecule has 4 nitrogen and oxygen atoms in total. The lowest BCUT2D eigenvalue weighted by molar-refractivity contribution is -0.129. The highest BCUT2D eigenvalue weighted by molar-refractivity contribution is 7.09. The molecule has 2 atom stereocenters. The van der Waals surface area contributed by atoms with Crippen molar-refractivity contribution in [2.45, 2.75) is 26.3 Å². The summed E-state index contributed by atoms with van der Waals surface area (Å²) in [6, 6.07) is 0.00456. The van der Waals surface area contributed by atoms with Crippen LogP contribution < -0.4 is 10.6 Å². The van der Waals surface area contributed by atoms with Crippen molar-refractivity contribution in [3.05, 3.63) is 16.6 Å². The van der Waals surface area contributed by atoms with Crippen LogP contribution in [0.2, 0.25) is 0 Å². The molecule has 88 valence electrons. The van der Waals surface area contributed by atoms with Crippen molar-refractivity contribution in [3.63, 3.8) is 0 Å². The van der Waals surface area contributed by atoms with Gasteiger partial charge in [0.2, 0.25) is 5.91 Å². The summed E-state index contributed by atoms with van der Waals surface area (Å²) in [6.45, 7) is 5.68. The molecule has 0 radical (unpaired) electrons. The van der Waals surface area contributed by atoms with E-state index in [-0.39, 0.29) is 17.4 Å². The Hall–Kier alpha value is -0.940. The second-order valence-electron chi connectivity index (χ2n) is 4.55. The molecule has 0 aliphatic carbocycles. The van der Waals surface area contributed by atoms with Crippen LogP contribution in [0.4, 0.5) is 0 Å². The number of rotatable bonds is 3. The Morgan fingerprint density at radius 1 is 1.75 bits per heavy atom. The molecule has 1 aromatic rings. The van der Waals surface area contributed by atoms with Crippen molar-refractivity contribution in [2.24, 2.45) is 5.41 Å². The molecule has 2 N–H and O–H groups in total. The predicted molar refractivity (Wildman–Crippen MR) is 64.3 cm³/mol. The number of carbonyl (C=O) groups excluding carboxylic acids is 1. The van der Waals surface area contributed by atoms with Crippen LogP contribution in [0.1, 0.15) is 31.3 Å². The third-order valence-electron chi connectivity index (χ3n) is 3.09. The number of carbonyl (C=O) groups is 1. The van der Waals surface area contributed by atoms with E-state index in [4.69, 9.17) is 0 Å². The molecular weight excluding hydrogens is 222 g/mol. The van der Waals surface area contributed by atoms with Crippen LogP contribution in [0.15, 0.2) is 11.6 Å². The number of amides is 1. The molecule has 2 heterocycles. The van der Waals surface area contributed by atoms with Gasteiger partial charge in [-0.05, 0) is 26.8 Å². The first-order valence-electron chi connectivity index (χ1n) is 5.53. The van der Waals surface area contributed by atoms with Gasteiger partial charge in [-0.1, -0.05) is 0 Å². The third-order valence-corrected chi connectivity index (χ3v) is 4.04. The molecule has 0 saturated carbocycles. The van der Waals surface area contributed by atoms with Gasteiger partial charge in [0.1, 0.15) is 5.01 Å². The fourth-order valence-corrected chi connectivity index (χ4v) is 2.54. The summed E-state index contributed by atoms with van der Waals surface area (Å²) >= 11 is 1.57. The lowest BCUT2D eigenvalue weighted by Gasteiger charge is -2.23. The molecule has 1 fully saturated rings. The minimum absolute atomic E-state index is 0.00456. The molecule has 1 saturated heterocycles. The zero-order chi connectivity index (χ0) is 11.6. The summed E-state index contributed by atoms with van der Waals surface area (Å²) in [5.41, 5.74) is -0.258. The predicted octanol–water partition coefficient (Wildman–Crippen LogP) is 1.32. The summed E-state index contributed by atoms with van der Waals surface area (Å²) in [5, 5.41) is 9.15. The quantitative estimate of drug-likeness (QED) is 0.836. The van der Waals surface area contributed by atoms with E-state index in [0.717, 1.165) is 24.5 Å². The van der Waals surface area contributed by atoms with Gasteiger partial charge >= 0.3 is 0 Å². The number of nitrogens with one attached hydrogen (secondary N) is 2. The molecule has 1 amide bonds. The lowest BCUT2D eigenvalue weighted by atomic mass is 9.88. The van der Waals surface area contributed by atoms with Crippen LogP contribution in [0.25, 0.3) is 0 Å². The van der Waals surface area contributed by atoms with E-state index in [1.165, 1.54) is 0 Å². The van der Waals surface area contributed by atoms with E-state index >= 15 is 0 Å².